The Morgan fingerprint density at radius 1 is 1.38 bits per heavy atom. The molecule has 2 N–H and O–H groups in total. The molecule has 1 aromatic rings. The van der Waals surface area contributed by atoms with Crippen LogP contribution in [0.25, 0.3) is 0 Å². The summed E-state index contributed by atoms with van der Waals surface area (Å²) < 4.78 is 11.1. The summed E-state index contributed by atoms with van der Waals surface area (Å²) >= 11 is 0. The van der Waals surface area contributed by atoms with Crippen molar-refractivity contribution in [3.63, 3.8) is 0 Å². The van der Waals surface area contributed by atoms with Gasteiger partial charge in [-0.3, -0.25) is 4.79 Å². The second-order valence-corrected chi connectivity index (χ2v) is 5.43. The van der Waals surface area contributed by atoms with Gasteiger partial charge in [-0.2, -0.15) is 0 Å². The lowest BCUT2D eigenvalue weighted by Crippen LogP contribution is -2.42. The maximum absolute atomic E-state index is 11.2. The summed E-state index contributed by atoms with van der Waals surface area (Å²) in [6.45, 7) is 2.74. The van der Waals surface area contributed by atoms with Crippen molar-refractivity contribution in [3.05, 3.63) is 18.2 Å². The second kappa shape index (κ2) is 5.81. The number of anilines is 1. The number of fused-ring (bicyclic) bond motifs is 1. The van der Waals surface area contributed by atoms with Crippen LogP contribution in [0.1, 0.15) is 6.42 Å². The Hall–Kier alpha value is -1.95. The maximum Gasteiger partial charge on any atom is 0.321 e. The lowest BCUT2D eigenvalue weighted by atomic mass is 9.99. The first-order valence-corrected chi connectivity index (χ1v) is 7.23. The molecule has 0 aliphatic carbocycles. The van der Waals surface area contributed by atoms with Gasteiger partial charge in [-0.15, -0.1) is 0 Å². The average Bonchev–Trinajstić information content (AvgIpc) is 2.96. The van der Waals surface area contributed by atoms with Gasteiger partial charge in [0.05, 0.1) is 0 Å². The van der Waals surface area contributed by atoms with Crippen LogP contribution >= 0.6 is 0 Å². The van der Waals surface area contributed by atoms with Gasteiger partial charge in [0.15, 0.2) is 11.5 Å². The first kappa shape index (κ1) is 14.0. The van der Waals surface area contributed by atoms with Crippen molar-refractivity contribution < 1.29 is 19.4 Å². The third-order valence-electron chi connectivity index (χ3n) is 4.16. The van der Waals surface area contributed by atoms with Crippen molar-refractivity contribution >= 4 is 11.7 Å². The molecule has 2 aliphatic heterocycles. The lowest BCUT2D eigenvalue weighted by molar-refractivity contribution is -0.140. The van der Waals surface area contributed by atoms with Crippen LogP contribution in [-0.4, -0.2) is 50.5 Å². The van der Waals surface area contributed by atoms with Crippen molar-refractivity contribution in [1.29, 1.82) is 0 Å². The minimum absolute atomic E-state index is 0.112. The van der Waals surface area contributed by atoms with Crippen molar-refractivity contribution in [1.82, 2.24) is 5.32 Å². The molecule has 2 atom stereocenters. The number of likely N-dealkylation sites (N-methyl/N-ethyl adjacent to an activating group) is 1. The standard InChI is InChI=1S/C15H20N2O4/c1-16-14(15(18)19)10-4-5-17(9-10)11-2-3-12-13(8-11)21-7-6-20-12/h2-3,8,10,14,16H,4-7,9H2,1H3,(H,18,19). The Labute approximate surface area is 123 Å². The van der Waals surface area contributed by atoms with Crippen LogP contribution in [-0.2, 0) is 4.79 Å². The van der Waals surface area contributed by atoms with E-state index in [2.05, 4.69) is 10.2 Å². The van der Waals surface area contributed by atoms with E-state index in [1.54, 1.807) is 7.05 Å². The van der Waals surface area contributed by atoms with Crippen LogP contribution in [0.3, 0.4) is 0 Å². The molecular formula is C15H20N2O4. The van der Waals surface area contributed by atoms with Gasteiger partial charge < -0.3 is 24.8 Å². The zero-order chi connectivity index (χ0) is 14.8. The molecule has 0 bridgehead atoms. The molecule has 6 nitrogen and oxygen atoms in total. The molecule has 2 heterocycles. The highest BCUT2D eigenvalue weighted by Gasteiger charge is 2.33. The number of benzene rings is 1. The van der Waals surface area contributed by atoms with E-state index in [0.717, 1.165) is 36.7 Å². The minimum atomic E-state index is -0.786. The van der Waals surface area contributed by atoms with E-state index in [9.17, 15) is 9.90 Å². The molecule has 0 saturated carbocycles. The number of nitrogens with zero attached hydrogens (tertiary/aromatic N) is 1. The maximum atomic E-state index is 11.2. The van der Waals surface area contributed by atoms with E-state index in [0.29, 0.717) is 13.2 Å². The predicted molar refractivity (Wildman–Crippen MR) is 78.2 cm³/mol. The summed E-state index contributed by atoms with van der Waals surface area (Å²) in [5, 5.41) is 12.1. The molecule has 6 heteroatoms. The molecule has 2 unspecified atom stereocenters. The fourth-order valence-corrected chi connectivity index (χ4v) is 3.08. The summed E-state index contributed by atoms with van der Waals surface area (Å²) in [6.07, 6.45) is 0.867. The number of carboxylic acid groups (broad SMARTS) is 1. The van der Waals surface area contributed by atoms with Crippen LogP contribution in [0.15, 0.2) is 18.2 Å². The molecule has 1 aromatic carbocycles. The Balaban J connectivity index is 1.72. The molecule has 0 aromatic heterocycles. The van der Waals surface area contributed by atoms with Crippen LogP contribution in [0.4, 0.5) is 5.69 Å². The summed E-state index contributed by atoms with van der Waals surface area (Å²) in [7, 11) is 1.70. The SMILES string of the molecule is CNC(C(=O)O)C1CCN(c2ccc3c(c2)OCCO3)C1. The third kappa shape index (κ3) is 2.76. The van der Waals surface area contributed by atoms with Gasteiger partial charge >= 0.3 is 5.97 Å². The largest absolute Gasteiger partial charge is 0.486 e. The molecular weight excluding hydrogens is 272 g/mol. The van der Waals surface area contributed by atoms with Crippen LogP contribution < -0.4 is 19.7 Å². The number of ether oxygens (including phenoxy) is 2. The molecule has 21 heavy (non-hydrogen) atoms. The quantitative estimate of drug-likeness (QED) is 0.861. The zero-order valence-corrected chi connectivity index (χ0v) is 12.0. The average molecular weight is 292 g/mol. The van der Waals surface area contributed by atoms with Crippen molar-refractivity contribution in [3.8, 4) is 11.5 Å². The number of nitrogens with one attached hydrogen (secondary N) is 1. The molecule has 3 rings (SSSR count). The molecule has 2 aliphatic rings. The summed E-state index contributed by atoms with van der Waals surface area (Å²) in [5.74, 6) is 0.872. The van der Waals surface area contributed by atoms with Gasteiger partial charge in [-0.1, -0.05) is 0 Å². The minimum Gasteiger partial charge on any atom is -0.486 e. The van der Waals surface area contributed by atoms with Gasteiger partial charge in [-0.25, -0.2) is 0 Å². The number of carbonyl (C=O) groups is 1. The Bertz CT molecular complexity index is 534. The fraction of sp³-hybridized carbons (Fsp3) is 0.533. The van der Waals surface area contributed by atoms with E-state index in [1.165, 1.54) is 0 Å². The smallest absolute Gasteiger partial charge is 0.321 e. The fourth-order valence-electron chi connectivity index (χ4n) is 3.08. The number of carboxylic acids is 1. The van der Waals surface area contributed by atoms with E-state index in [4.69, 9.17) is 9.47 Å². The van der Waals surface area contributed by atoms with Gasteiger partial charge in [0, 0.05) is 30.8 Å². The first-order valence-electron chi connectivity index (χ1n) is 7.23. The van der Waals surface area contributed by atoms with E-state index >= 15 is 0 Å². The van der Waals surface area contributed by atoms with Crippen LogP contribution in [0, 0.1) is 5.92 Å². The second-order valence-electron chi connectivity index (χ2n) is 5.43. The molecule has 1 fully saturated rings. The van der Waals surface area contributed by atoms with Crippen LogP contribution in [0.5, 0.6) is 11.5 Å². The van der Waals surface area contributed by atoms with Crippen LogP contribution in [0.2, 0.25) is 0 Å². The Kier molecular flexibility index (Phi) is 3.88. The molecule has 114 valence electrons. The molecule has 0 radical (unpaired) electrons. The van der Waals surface area contributed by atoms with E-state index < -0.39 is 12.0 Å². The van der Waals surface area contributed by atoms with E-state index in [1.807, 2.05) is 18.2 Å². The Morgan fingerprint density at radius 2 is 2.14 bits per heavy atom. The highest BCUT2D eigenvalue weighted by molar-refractivity contribution is 5.74. The number of aliphatic carboxylic acids is 1. The van der Waals surface area contributed by atoms with Crippen molar-refractivity contribution in [2.75, 3.05) is 38.3 Å². The molecule has 1 saturated heterocycles. The highest BCUT2D eigenvalue weighted by Crippen LogP contribution is 2.35. The monoisotopic (exact) mass is 292 g/mol. The highest BCUT2D eigenvalue weighted by atomic mass is 16.6. The molecule has 0 amide bonds. The normalized spacial score (nSPS) is 22.1. The van der Waals surface area contributed by atoms with Gasteiger partial charge in [-0.05, 0) is 25.6 Å². The van der Waals surface area contributed by atoms with Gasteiger partial charge in [0.1, 0.15) is 19.3 Å². The Morgan fingerprint density at radius 3 is 2.86 bits per heavy atom. The number of hydrogen-bond acceptors (Lipinski definition) is 5. The van der Waals surface area contributed by atoms with Crippen molar-refractivity contribution in [2.45, 2.75) is 12.5 Å². The molecule has 0 spiro atoms. The summed E-state index contributed by atoms with van der Waals surface area (Å²) in [4.78, 5) is 13.4. The number of rotatable bonds is 4. The van der Waals surface area contributed by atoms with Gasteiger partial charge in [0.25, 0.3) is 0 Å². The first-order chi connectivity index (χ1) is 10.2. The predicted octanol–water partition coefficient (Wildman–Crippen LogP) is 0.957. The third-order valence-corrected chi connectivity index (χ3v) is 4.16. The van der Waals surface area contributed by atoms with E-state index in [-0.39, 0.29) is 5.92 Å². The summed E-state index contributed by atoms with van der Waals surface area (Å²) in [5.41, 5.74) is 1.06. The zero-order valence-electron chi connectivity index (χ0n) is 12.0. The van der Waals surface area contributed by atoms with Crippen molar-refractivity contribution in [2.24, 2.45) is 5.92 Å². The topological polar surface area (TPSA) is 71.0 Å². The van der Waals surface area contributed by atoms with Gasteiger partial charge in [0.2, 0.25) is 0 Å². The summed E-state index contributed by atoms with van der Waals surface area (Å²) in [6, 6.07) is 5.41. The lowest BCUT2D eigenvalue weighted by Gasteiger charge is -2.24. The number of hydrogen-bond donors (Lipinski definition) is 2.